The van der Waals surface area contributed by atoms with E-state index in [4.69, 9.17) is 0 Å². The number of hydrogen-bond donors (Lipinski definition) is 1. The first-order valence-electron chi connectivity index (χ1n) is 5.54. The lowest BCUT2D eigenvalue weighted by atomic mass is 9.97. The van der Waals surface area contributed by atoms with E-state index in [2.05, 4.69) is 9.97 Å². The van der Waals surface area contributed by atoms with Crippen LogP contribution >= 0.6 is 0 Å². The Kier molecular flexibility index (Phi) is 2.23. The fraction of sp³-hybridized carbons (Fsp3) is 0.500. The number of aryl methyl sites for hydroxylation is 1. The molecular weight excluding hydrogens is 249 g/mol. The third-order valence-corrected chi connectivity index (χ3v) is 3.03. The average molecular weight is 258 g/mol. The Labute approximate surface area is 98.7 Å². The summed E-state index contributed by atoms with van der Waals surface area (Å²) in [6.07, 6.45) is -1.68. The van der Waals surface area contributed by atoms with Crippen LogP contribution in [0.1, 0.15) is 29.9 Å². The Morgan fingerprint density at radius 2 is 1.89 bits per heavy atom. The van der Waals surface area contributed by atoms with E-state index in [9.17, 15) is 18.0 Å². The number of rotatable bonds is 0. The molecule has 0 unspecified atom stereocenters. The fourth-order valence-corrected chi connectivity index (χ4v) is 2.17. The van der Waals surface area contributed by atoms with Crippen molar-refractivity contribution in [3.05, 3.63) is 27.4 Å². The molecule has 1 aliphatic carbocycles. The Hall–Kier alpha value is -1.86. The van der Waals surface area contributed by atoms with Crippen molar-refractivity contribution in [3.8, 4) is 0 Å². The first kappa shape index (κ1) is 11.2. The zero-order valence-electron chi connectivity index (χ0n) is 9.21. The maximum absolute atomic E-state index is 12.5. The lowest BCUT2D eigenvalue weighted by Crippen LogP contribution is -2.25. The minimum atomic E-state index is -4.61. The summed E-state index contributed by atoms with van der Waals surface area (Å²) in [5.74, 6) is -1.41. The van der Waals surface area contributed by atoms with E-state index in [0.29, 0.717) is 24.1 Å². The molecule has 0 bridgehead atoms. The van der Waals surface area contributed by atoms with Gasteiger partial charge in [0.25, 0.3) is 11.3 Å². The van der Waals surface area contributed by atoms with Gasteiger partial charge < -0.3 is 0 Å². The van der Waals surface area contributed by atoms with Gasteiger partial charge in [-0.15, -0.1) is 0 Å². The third-order valence-electron chi connectivity index (χ3n) is 3.03. The summed E-state index contributed by atoms with van der Waals surface area (Å²) in [4.78, 5) is 19.4. The van der Waals surface area contributed by atoms with Gasteiger partial charge in [-0.2, -0.15) is 22.7 Å². The number of fused-ring (bicyclic) bond motifs is 2. The quantitative estimate of drug-likeness (QED) is 0.775. The second kappa shape index (κ2) is 3.56. The summed E-state index contributed by atoms with van der Waals surface area (Å²) < 4.78 is 38.3. The maximum Gasteiger partial charge on any atom is 0.451 e. The summed E-state index contributed by atoms with van der Waals surface area (Å²) in [7, 11) is 0. The molecule has 18 heavy (non-hydrogen) atoms. The molecule has 0 amide bonds. The van der Waals surface area contributed by atoms with E-state index >= 15 is 0 Å². The van der Waals surface area contributed by atoms with Crippen molar-refractivity contribution < 1.29 is 13.2 Å². The van der Waals surface area contributed by atoms with Gasteiger partial charge in [0.1, 0.15) is 0 Å². The molecule has 0 atom stereocenters. The number of halogens is 3. The van der Waals surface area contributed by atoms with Crippen LogP contribution in [-0.2, 0) is 19.0 Å². The number of nitrogens with zero attached hydrogens (tertiary/aromatic N) is 3. The lowest BCUT2D eigenvalue weighted by Gasteiger charge is -2.12. The lowest BCUT2D eigenvalue weighted by molar-refractivity contribution is -0.144. The predicted octanol–water partition coefficient (Wildman–Crippen LogP) is 1.32. The zero-order chi connectivity index (χ0) is 12.9. The Bertz CT molecular complexity index is 670. The van der Waals surface area contributed by atoms with Crippen LogP contribution in [-0.4, -0.2) is 19.6 Å². The highest BCUT2D eigenvalue weighted by molar-refractivity contribution is 5.33. The highest BCUT2D eigenvalue weighted by Gasteiger charge is 2.36. The SMILES string of the molecule is O=c1c2c(nc3nc(C(F)(F)F)[nH]n13)CCCC2. The molecule has 2 aromatic rings. The van der Waals surface area contributed by atoms with Crippen molar-refractivity contribution in [1.29, 1.82) is 0 Å². The molecule has 1 N–H and O–H groups in total. The number of alkyl halides is 3. The molecule has 3 rings (SSSR count). The third kappa shape index (κ3) is 1.59. The second-order valence-electron chi connectivity index (χ2n) is 4.25. The number of H-pyrrole nitrogens is 1. The summed E-state index contributed by atoms with van der Waals surface area (Å²) in [5.41, 5.74) is 0.597. The van der Waals surface area contributed by atoms with Crippen molar-refractivity contribution in [2.45, 2.75) is 31.9 Å². The van der Waals surface area contributed by atoms with Crippen molar-refractivity contribution in [2.75, 3.05) is 0 Å². The van der Waals surface area contributed by atoms with E-state index in [1.807, 2.05) is 5.10 Å². The van der Waals surface area contributed by atoms with Crippen LogP contribution in [0.3, 0.4) is 0 Å². The van der Waals surface area contributed by atoms with Crippen LogP contribution in [0, 0.1) is 0 Å². The first-order chi connectivity index (χ1) is 8.47. The molecule has 0 aromatic carbocycles. The van der Waals surface area contributed by atoms with Gasteiger partial charge in [0.05, 0.1) is 5.69 Å². The normalized spacial score (nSPS) is 15.9. The van der Waals surface area contributed by atoms with Crippen LogP contribution in [0.25, 0.3) is 5.78 Å². The molecule has 0 spiro atoms. The number of hydrogen-bond acceptors (Lipinski definition) is 3. The molecule has 2 heterocycles. The summed E-state index contributed by atoms with van der Waals surface area (Å²) >= 11 is 0. The van der Waals surface area contributed by atoms with Gasteiger partial charge in [-0.1, -0.05) is 0 Å². The van der Waals surface area contributed by atoms with E-state index in [1.165, 1.54) is 0 Å². The Balaban J connectivity index is 2.28. The minimum Gasteiger partial charge on any atom is -0.267 e. The predicted molar refractivity (Wildman–Crippen MR) is 55.3 cm³/mol. The van der Waals surface area contributed by atoms with Crippen molar-refractivity contribution >= 4 is 5.78 Å². The summed E-state index contributed by atoms with van der Waals surface area (Å²) in [5, 5.41) is 1.96. The molecule has 2 aromatic heterocycles. The largest absolute Gasteiger partial charge is 0.451 e. The van der Waals surface area contributed by atoms with Crippen LogP contribution < -0.4 is 5.56 Å². The van der Waals surface area contributed by atoms with Gasteiger partial charge in [-0.3, -0.25) is 9.89 Å². The van der Waals surface area contributed by atoms with Crippen molar-refractivity contribution in [1.82, 2.24) is 19.6 Å². The zero-order valence-corrected chi connectivity index (χ0v) is 9.21. The number of aromatic nitrogens is 4. The molecule has 0 saturated heterocycles. The number of aromatic amines is 1. The molecule has 0 aliphatic heterocycles. The minimum absolute atomic E-state index is 0.215. The van der Waals surface area contributed by atoms with Gasteiger partial charge >= 0.3 is 6.18 Å². The van der Waals surface area contributed by atoms with Gasteiger partial charge in [-0.25, -0.2) is 4.98 Å². The maximum atomic E-state index is 12.5. The smallest absolute Gasteiger partial charge is 0.267 e. The highest BCUT2D eigenvalue weighted by atomic mass is 19.4. The van der Waals surface area contributed by atoms with Gasteiger partial charge in [0.15, 0.2) is 0 Å². The molecule has 0 fully saturated rings. The molecule has 8 heteroatoms. The fourth-order valence-electron chi connectivity index (χ4n) is 2.17. The first-order valence-corrected chi connectivity index (χ1v) is 5.54. The molecule has 0 saturated carbocycles. The Morgan fingerprint density at radius 3 is 2.61 bits per heavy atom. The number of nitrogens with one attached hydrogen (secondary N) is 1. The van der Waals surface area contributed by atoms with E-state index < -0.39 is 17.6 Å². The summed E-state index contributed by atoms with van der Waals surface area (Å²) in [6, 6.07) is 0. The molecule has 1 aliphatic rings. The van der Waals surface area contributed by atoms with Gasteiger partial charge in [-0.05, 0) is 25.7 Å². The van der Waals surface area contributed by atoms with Gasteiger partial charge in [0.2, 0.25) is 5.82 Å². The van der Waals surface area contributed by atoms with Crippen LogP contribution in [0.4, 0.5) is 13.2 Å². The van der Waals surface area contributed by atoms with E-state index in [0.717, 1.165) is 17.4 Å². The Morgan fingerprint density at radius 1 is 1.17 bits per heavy atom. The van der Waals surface area contributed by atoms with Crippen LogP contribution in [0.15, 0.2) is 4.79 Å². The monoisotopic (exact) mass is 258 g/mol. The average Bonchev–Trinajstić information content (AvgIpc) is 2.73. The van der Waals surface area contributed by atoms with Gasteiger partial charge in [0, 0.05) is 5.56 Å². The standard InChI is InChI=1S/C10H9F3N4O/c11-10(12,13)8-15-9-14-6-4-2-1-3-5(6)7(18)17(9)16-8/h1-4H2,(H,14,15,16). The molecular formula is C10H9F3N4O. The van der Waals surface area contributed by atoms with E-state index in [-0.39, 0.29) is 5.78 Å². The van der Waals surface area contributed by atoms with Crippen LogP contribution in [0.5, 0.6) is 0 Å². The van der Waals surface area contributed by atoms with Crippen molar-refractivity contribution in [3.63, 3.8) is 0 Å². The summed E-state index contributed by atoms with van der Waals surface area (Å²) in [6.45, 7) is 0. The molecule has 5 nitrogen and oxygen atoms in total. The molecule has 96 valence electrons. The van der Waals surface area contributed by atoms with Crippen LogP contribution in [0.2, 0.25) is 0 Å². The highest BCUT2D eigenvalue weighted by Crippen LogP contribution is 2.26. The van der Waals surface area contributed by atoms with Crippen molar-refractivity contribution in [2.24, 2.45) is 0 Å². The second-order valence-corrected chi connectivity index (χ2v) is 4.25. The van der Waals surface area contributed by atoms with E-state index in [1.54, 1.807) is 0 Å². The topological polar surface area (TPSA) is 63.0 Å². The molecule has 0 radical (unpaired) electrons.